The topological polar surface area (TPSA) is 26.0 Å². The third-order valence-corrected chi connectivity index (χ3v) is 4.17. The molecule has 1 fully saturated rings. The normalized spacial score (nSPS) is 28.4. The molecule has 0 aliphatic heterocycles. The van der Waals surface area contributed by atoms with E-state index in [0.717, 1.165) is 31.4 Å². The summed E-state index contributed by atoms with van der Waals surface area (Å²) in [5.74, 6) is -1.11. The van der Waals surface area contributed by atoms with Gasteiger partial charge in [-0.1, -0.05) is 25.8 Å². The number of nitrogens with two attached hydrogens (primary N) is 1. The highest BCUT2D eigenvalue weighted by molar-refractivity contribution is 5.32. The molecule has 1 nitrogen and oxygen atoms in total. The fraction of sp³-hybridized carbons (Fsp3) is 0.571. The average molecular weight is 275 g/mol. The van der Waals surface area contributed by atoms with Crippen LogP contribution in [0.5, 0.6) is 0 Å². The molecule has 19 heavy (non-hydrogen) atoms. The van der Waals surface area contributed by atoms with E-state index in [1.54, 1.807) is 0 Å². The molecule has 2 atom stereocenters. The van der Waals surface area contributed by atoms with Crippen LogP contribution in [0.1, 0.15) is 43.7 Å². The van der Waals surface area contributed by atoms with E-state index in [1.165, 1.54) is 6.07 Å². The van der Waals surface area contributed by atoms with Crippen LogP contribution in [0.15, 0.2) is 18.2 Å². The van der Waals surface area contributed by atoms with Gasteiger partial charge in [0.15, 0.2) is 0 Å². The molecule has 0 spiro atoms. The monoisotopic (exact) mass is 275 g/mol. The van der Waals surface area contributed by atoms with E-state index in [-0.39, 0.29) is 5.92 Å². The summed E-state index contributed by atoms with van der Waals surface area (Å²) >= 11 is 0. The first-order chi connectivity index (χ1) is 8.75. The van der Waals surface area contributed by atoms with Crippen LogP contribution >= 0.6 is 0 Å². The first kappa shape index (κ1) is 14.3. The minimum absolute atomic E-state index is 0.136. The Hall–Kier alpha value is -1.10. The van der Waals surface area contributed by atoms with Crippen molar-refractivity contribution < 1.29 is 17.6 Å². The van der Waals surface area contributed by atoms with E-state index in [0.29, 0.717) is 12.0 Å². The van der Waals surface area contributed by atoms with Gasteiger partial charge in [0.25, 0.3) is 0 Å². The summed E-state index contributed by atoms with van der Waals surface area (Å²) in [5.41, 5.74) is 4.82. The molecule has 1 aromatic rings. The Morgan fingerprint density at radius 1 is 1.26 bits per heavy atom. The average Bonchev–Trinajstić information content (AvgIpc) is 2.31. The minimum atomic E-state index is -4.66. The van der Waals surface area contributed by atoms with Gasteiger partial charge in [0.05, 0.1) is 5.56 Å². The van der Waals surface area contributed by atoms with Gasteiger partial charge in [0, 0.05) is 5.54 Å². The van der Waals surface area contributed by atoms with Gasteiger partial charge in [-0.25, -0.2) is 4.39 Å². The van der Waals surface area contributed by atoms with E-state index < -0.39 is 23.1 Å². The van der Waals surface area contributed by atoms with Crippen molar-refractivity contribution in [3.05, 3.63) is 35.1 Å². The Morgan fingerprint density at radius 3 is 2.47 bits per heavy atom. The highest BCUT2D eigenvalue weighted by atomic mass is 19.4. The second-order valence-corrected chi connectivity index (χ2v) is 5.38. The second-order valence-electron chi connectivity index (χ2n) is 5.38. The van der Waals surface area contributed by atoms with E-state index in [9.17, 15) is 17.6 Å². The Balaban J connectivity index is 2.39. The molecule has 1 saturated carbocycles. The van der Waals surface area contributed by atoms with Gasteiger partial charge >= 0.3 is 6.18 Å². The molecule has 2 rings (SSSR count). The maximum atomic E-state index is 13.6. The molecule has 5 heteroatoms. The van der Waals surface area contributed by atoms with E-state index in [1.807, 2.05) is 6.92 Å². The fourth-order valence-electron chi connectivity index (χ4n) is 2.84. The van der Waals surface area contributed by atoms with Gasteiger partial charge in [-0.3, -0.25) is 0 Å². The minimum Gasteiger partial charge on any atom is -0.321 e. The van der Waals surface area contributed by atoms with Gasteiger partial charge < -0.3 is 5.73 Å². The van der Waals surface area contributed by atoms with Crippen molar-refractivity contribution in [2.24, 2.45) is 11.7 Å². The third kappa shape index (κ3) is 2.61. The van der Waals surface area contributed by atoms with Crippen molar-refractivity contribution in [2.75, 3.05) is 0 Å². The number of hydrogen-bond donors (Lipinski definition) is 1. The summed E-state index contributed by atoms with van der Waals surface area (Å²) in [6.07, 6.45) is -1.09. The molecule has 0 radical (unpaired) electrons. The number of halogens is 4. The quantitative estimate of drug-likeness (QED) is 0.763. The zero-order chi connectivity index (χ0) is 14.3. The van der Waals surface area contributed by atoms with Crippen LogP contribution < -0.4 is 5.73 Å². The molecular weight excluding hydrogens is 258 g/mol. The molecule has 0 saturated heterocycles. The Morgan fingerprint density at radius 2 is 1.95 bits per heavy atom. The Kier molecular flexibility index (Phi) is 3.60. The predicted octanol–water partition coefficient (Wildman–Crippen LogP) is 4.21. The van der Waals surface area contributed by atoms with Crippen LogP contribution in [0, 0.1) is 11.7 Å². The molecule has 1 aliphatic rings. The van der Waals surface area contributed by atoms with Crippen molar-refractivity contribution in [1.82, 2.24) is 0 Å². The molecule has 1 aliphatic carbocycles. The van der Waals surface area contributed by atoms with Crippen LogP contribution in [0.2, 0.25) is 0 Å². The molecule has 106 valence electrons. The molecule has 2 unspecified atom stereocenters. The summed E-state index contributed by atoms with van der Waals surface area (Å²) < 4.78 is 51.2. The van der Waals surface area contributed by atoms with Crippen molar-refractivity contribution >= 4 is 0 Å². The highest BCUT2D eigenvalue weighted by Gasteiger charge is 2.39. The maximum Gasteiger partial charge on any atom is 0.419 e. The lowest BCUT2D eigenvalue weighted by Gasteiger charge is -2.40. The first-order valence-corrected chi connectivity index (χ1v) is 6.41. The summed E-state index contributed by atoms with van der Waals surface area (Å²) in [4.78, 5) is 0. The Bertz CT molecular complexity index is 469. The predicted molar refractivity (Wildman–Crippen MR) is 64.9 cm³/mol. The number of hydrogen-bond acceptors (Lipinski definition) is 1. The van der Waals surface area contributed by atoms with Crippen molar-refractivity contribution in [3.8, 4) is 0 Å². The summed E-state index contributed by atoms with van der Waals surface area (Å²) in [5, 5.41) is 0. The number of rotatable bonds is 1. The van der Waals surface area contributed by atoms with Gasteiger partial charge in [-0.2, -0.15) is 13.2 Å². The number of alkyl halides is 3. The molecule has 0 amide bonds. The maximum absolute atomic E-state index is 13.6. The highest BCUT2D eigenvalue weighted by Crippen LogP contribution is 2.41. The van der Waals surface area contributed by atoms with Crippen LogP contribution in [-0.2, 0) is 11.7 Å². The number of benzene rings is 1. The van der Waals surface area contributed by atoms with Gasteiger partial charge in [-0.15, -0.1) is 0 Å². The van der Waals surface area contributed by atoms with Crippen molar-refractivity contribution in [1.29, 1.82) is 0 Å². The lowest BCUT2D eigenvalue weighted by molar-refractivity contribution is -0.140. The molecule has 2 N–H and O–H groups in total. The van der Waals surface area contributed by atoms with Gasteiger partial charge in [0.1, 0.15) is 5.82 Å². The molecule has 1 aromatic carbocycles. The molecule has 0 heterocycles. The molecular formula is C14H17F4N. The fourth-order valence-corrected chi connectivity index (χ4v) is 2.84. The molecule has 0 aromatic heterocycles. The summed E-state index contributed by atoms with van der Waals surface area (Å²) in [7, 11) is 0. The van der Waals surface area contributed by atoms with Crippen LogP contribution in [0.4, 0.5) is 17.6 Å². The SMILES string of the molecule is CC1CCCCC1(N)c1ccc(C(F)(F)F)c(F)c1. The lowest BCUT2D eigenvalue weighted by Crippen LogP contribution is -2.45. The van der Waals surface area contributed by atoms with Crippen LogP contribution in [0.3, 0.4) is 0 Å². The molecule has 0 bridgehead atoms. The second kappa shape index (κ2) is 4.78. The lowest BCUT2D eigenvalue weighted by atomic mass is 9.70. The van der Waals surface area contributed by atoms with Crippen LogP contribution in [-0.4, -0.2) is 0 Å². The van der Waals surface area contributed by atoms with Gasteiger partial charge in [-0.05, 0) is 36.5 Å². The smallest absolute Gasteiger partial charge is 0.321 e. The third-order valence-electron chi connectivity index (χ3n) is 4.17. The Labute approximate surface area is 109 Å². The zero-order valence-corrected chi connectivity index (χ0v) is 10.7. The van der Waals surface area contributed by atoms with Crippen LogP contribution in [0.25, 0.3) is 0 Å². The standard InChI is InChI=1S/C14H17F4N/c1-9-4-2-3-7-13(9,19)10-5-6-11(12(15)8-10)14(16,17)18/h5-6,8-9H,2-4,7,19H2,1H3. The first-order valence-electron chi connectivity index (χ1n) is 6.41. The largest absolute Gasteiger partial charge is 0.419 e. The van der Waals surface area contributed by atoms with E-state index in [2.05, 4.69) is 0 Å². The zero-order valence-electron chi connectivity index (χ0n) is 10.7. The summed E-state index contributed by atoms with van der Waals surface area (Å²) in [6.45, 7) is 1.97. The van der Waals surface area contributed by atoms with Crippen molar-refractivity contribution in [3.63, 3.8) is 0 Å². The summed E-state index contributed by atoms with van der Waals surface area (Å²) in [6, 6.07) is 3.05. The van der Waals surface area contributed by atoms with Gasteiger partial charge in [0.2, 0.25) is 0 Å². The van der Waals surface area contributed by atoms with E-state index in [4.69, 9.17) is 5.73 Å². The van der Waals surface area contributed by atoms with Crippen molar-refractivity contribution in [2.45, 2.75) is 44.3 Å². The van der Waals surface area contributed by atoms with E-state index >= 15 is 0 Å².